The Morgan fingerprint density at radius 1 is 0.909 bits per heavy atom. The third-order valence-corrected chi connectivity index (χ3v) is 6.25. The van der Waals surface area contributed by atoms with E-state index in [1.165, 1.54) is 0 Å². The molecule has 2 aromatic carbocycles. The monoisotopic (exact) mass is 432 g/mol. The molecule has 0 fully saturated rings. The molecule has 0 aliphatic rings. The van der Waals surface area contributed by atoms with Gasteiger partial charge in [-0.3, -0.25) is 0 Å². The summed E-state index contributed by atoms with van der Waals surface area (Å²) in [5.41, 5.74) is 14.1. The van der Waals surface area contributed by atoms with E-state index < -0.39 is 5.54 Å². The average molecular weight is 433 g/mol. The lowest BCUT2D eigenvalue weighted by molar-refractivity contribution is 0.664. The predicted molar refractivity (Wildman–Crippen MR) is 133 cm³/mol. The van der Waals surface area contributed by atoms with Crippen LogP contribution in [0.5, 0.6) is 0 Å². The molecule has 0 bridgehead atoms. The van der Waals surface area contributed by atoms with E-state index in [0.29, 0.717) is 5.82 Å². The maximum Gasteiger partial charge on any atom is 0.252 e. The summed E-state index contributed by atoms with van der Waals surface area (Å²) < 4.78 is 2.21. The van der Waals surface area contributed by atoms with Gasteiger partial charge in [0.1, 0.15) is 11.3 Å². The smallest absolute Gasteiger partial charge is 0.252 e. The Balaban J connectivity index is 1.73. The highest BCUT2D eigenvalue weighted by Crippen LogP contribution is 2.33. The minimum absolute atomic E-state index is 0.544. The van der Waals surface area contributed by atoms with Crippen LogP contribution in [0.3, 0.4) is 0 Å². The lowest BCUT2D eigenvalue weighted by Gasteiger charge is -2.14. The second-order valence-corrected chi connectivity index (χ2v) is 8.93. The van der Waals surface area contributed by atoms with Crippen LogP contribution >= 0.6 is 0 Å². The van der Waals surface area contributed by atoms with Gasteiger partial charge in [-0.05, 0) is 73.5 Å². The number of aromatic nitrogens is 4. The van der Waals surface area contributed by atoms with Gasteiger partial charge >= 0.3 is 0 Å². The van der Waals surface area contributed by atoms with Gasteiger partial charge in [0, 0.05) is 47.9 Å². The van der Waals surface area contributed by atoms with E-state index in [0.717, 1.165) is 55.6 Å². The zero-order valence-electron chi connectivity index (χ0n) is 19.1. The SMILES string of the molecule is [C-]#[N+]C(C)(C)c1ccc(-n2c(C)cc3nnc4ccc(-c5cnc(N)c(C)c5)cc4c32)cc1. The third kappa shape index (κ3) is 3.39. The van der Waals surface area contributed by atoms with Gasteiger partial charge in [0.05, 0.1) is 11.0 Å². The molecule has 0 spiro atoms. The maximum absolute atomic E-state index is 7.48. The number of aryl methyl sites for hydroxylation is 2. The molecule has 33 heavy (non-hydrogen) atoms. The van der Waals surface area contributed by atoms with Gasteiger partial charge in [-0.15, -0.1) is 10.2 Å². The van der Waals surface area contributed by atoms with Crippen molar-refractivity contribution in [3.63, 3.8) is 0 Å². The van der Waals surface area contributed by atoms with Crippen molar-refractivity contribution in [1.82, 2.24) is 19.7 Å². The fraction of sp³-hybridized carbons (Fsp3) is 0.185. The molecule has 0 aliphatic heterocycles. The van der Waals surface area contributed by atoms with Crippen LogP contribution in [0.15, 0.2) is 60.8 Å². The van der Waals surface area contributed by atoms with Crippen molar-refractivity contribution < 1.29 is 0 Å². The number of rotatable bonds is 3. The molecule has 0 unspecified atom stereocenters. The highest BCUT2D eigenvalue weighted by atomic mass is 15.1. The lowest BCUT2D eigenvalue weighted by Crippen LogP contribution is -2.11. The molecule has 0 atom stereocenters. The topological polar surface area (TPSA) is 74.0 Å². The van der Waals surface area contributed by atoms with Crippen molar-refractivity contribution in [2.75, 3.05) is 5.73 Å². The molecule has 5 aromatic rings. The quantitative estimate of drug-likeness (QED) is 0.355. The minimum Gasteiger partial charge on any atom is -0.383 e. The van der Waals surface area contributed by atoms with Gasteiger partial charge in [-0.2, -0.15) is 0 Å². The lowest BCUT2D eigenvalue weighted by atomic mass is 9.95. The Bertz CT molecular complexity index is 1570. The molecule has 6 heteroatoms. The molecule has 162 valence electrons. The van der Waals surface area contributed by atoms with Crippen molar-refractivity contribution in [1.29, 1.82) is 0 Å². The van der Waals surface area contributed by atoms with Crippen LogP contribution in [-0.2, 0) is 5.54 Å². The molecule has 5 rings (SSSR count). The number of anilines is 1. The Morgan fingerprint density at radius 3 is 2.33 bits per heavy atom. The van der Waals surface area contributed by atoms with E-state index in [-0.39, 0.29) is 0 Å². The third-order valence-electron chi connectivity index (χ3n) is 6.25. The first-order valence-electron chi connectivity index (χ1n) is 10.8. The fourth-order valence-corrected chi connectivity index (χ4v) is 4.22. The average Bonchev–Trinajstić information content (AvgIpc) is 3.17. The Hall–Kier alpha value is -4.24. The predicted octanol–water partition coefficient (Wildman–Crippen LogP) is 5.99. The molecule has 0 amide bonds. The van der Waals surface area contributed by atoms with Crippen molar-refractivity contribution >= 4 is 27.8 Å². The molecule has 2 N–H and O–H groups in total. The standard InChI is InChI=1S/C27H24N6/c1-16-12-19(15-30-26(16)28)18-6-11-23-22(14-18)25-24(32-31-23)13-17(2)33(25)21-9-7-20(8-10-21)27(3,4)29-5/h6-15H,1-4H3,(H2,28,30). The van der Waals surface area contributed by atoms with Gasteiger partial charge in [0.25, 0.3) is 5.54 Å². The van der Waals surface area contributed by atoms with Crippen LogP contribution in [-0.4, -0.2) is 19.7 Å². The molecule has 0 aliphatic carbocycles. The zero-order valence-corrected chi connectivity index (χ0v) is 19.1. The number of hydrogen-bond donors (Lipinski definition) is 1. The molecular weight excluding hydrogens is 408 g/mol. The number of nitrogen functional groups attached to an aromatic ring is 1. The van der Waals surface area contributed by atoms with Gasteiger partial charge in [-0.25, -0.2) is 11.6 Å². The Kier molecular flexibility index (Phi) is 4.64. The second-order valence-electron chi connectivity index (χ2n) is 8.93. The van der Waals surface area contributed by atoms with Gasteiger partial charge in [0.15, 0.2) is 0 Å². The largest absolute Gasteiger partial charge is 0.383 e. The molecule has 0 saturated heterocycles. The molecule has 3 heterocycles. The van der Waals surface area contributed by atoms with E-state index in [4.69, 9.17) is 12.3 Å². The highest BCUT2D eigenvalue weighted by Gasteiger charge is 2.25. The van der Waals surface area contributed by atoms with E-state index in [1.807, 2.05) is 45.0 Å². The van der Waals surface area contributed by atoms with Crippen LogP contribution in [0.4, 0.5) is 5.82 Å². The van der Waals surface area contributed by atoms with Crippen LogP contribution < -0.4 is 5.73 Å². The second kappa shape index (κ2) is 7.42. The molecule has 6 nitrogen and oxygen atoms in total. The molecule has 3 aromatic heterocycles. The van der Waals surface area contributed by atoms with Crippen molar-refractivity contribution in [2.24, 2.45) is 0 Å². The van der Waals surface area contributed by atoms with E-state index >= 15 is 0 Å². The van der Waals surface area contributed by atoms with Gasteiger partial charge in [0.2, 0.25) is 0 Å². The Labute approximate surface area is 192 Å². The molecule has 0 radical (unpaired) electrons. The number of pyridine rings is 1. The normalized spacial score (nSPS) is 11.7. The van der Waals surface area contributed by atoms with E-state index in [1.54, 1.807) is 6.20 Å². The first-order valence-corrected chi connectivity index (χ1v) is 10.8. The molecular formula is C27H24N6. The van der Waals surface area contributed by atoms with Crippen LogP contribution in [0.2, 0.25) is 0 Å². The first kappa shape index (κ1) is 20.7. The van der Waals surface area contributed by atoms with Gasteiger partial charge in [-0.1, -0.05) is 6.07 Å². The number of hydrogen-bond acceptors (Lipinski definition) is 4. The van der Waals surface area contributed by atoms with E-state index in [2.05, 4.69) is 61.8 Å². The summed E-state index contributed by atoms with van der Waals surface area (Å²) in [6, 6.07) is 18.5. The van der Waals surface area contributed by atoms with Crippen molar-refractivity contribution in [3.8, 4) is 16.8 Å². The summed E-state index contributed by atoms with van der Waals surface area (Å²) in [5, 5.41) is 9.94. The molecule has 0 saturated carbocycles. The summed E-state index contributed by atoms with van der Waals surface area (Å²) in [6.07, 6.45) is 1.80. The summed E-state index contributed by atoms with van der Waals surface area (Å²) in [6.45, 7) is 15.4. The van der Waals surface area contributed by atoms with Crippen molar-refractivity contribution in [2.45, 2.75) is 33.2 Å². The Morgan fingerprint density at radius 2 is 1.64 bits per heavy atom. The minimum atomic E-state index is -0.551. The van der Waals surface area contributed by atoms with Crippen LogP contribution in [0.1, 0.15) is 30.7 Å². The summed E-state index contributed by atoms with van der Waals surface area (Å²) in [7, 11) is 0. The maximum atomic E-state index is 7.48. The summed E-state index contributed by atoms with van der Waals surface area (Å²) >= 11 is 0. The summed E-state index contributed by atoms with van der Waals surface area (Å²) in [5.74, 6) is 0.544. The van der Waals surface area contributed by atoms with Gasteiger partial charge < -0.3 is 15.1 Å². The summed E-state index contributed by atoms with van der Waals surface area (Å²) in [4.78, 5) is 8.08. The first-order chi connectivity index (χ1) is 15.8. The fourth-order valence-electron chi connectivity index (χ4n) is 4.22. The number of nitrogens with two attached hydrogens (primary N) is 1. The number of fused-ring (bicyclic) bond motifs is 3. The van der Waals surface area contributed by atoms with Crippen LogP contribution in [0, 0.1) is 20.4 Å². The van der Waals surface area contributed by atoms with Crippen molar-refractivity contribution in [3.05, 3.63) is 89.0 Å². The number of nitrogens with zero attached hydrogens (tertiary/aromatic N) is 5. The zero-order chi connectivity index (χ0) is 23.3. The van der Waals surface area contributed by atoms with E-state index in [9.17, 15) is 0 Å². The highest BCUT2D eigenvalue weighted by molar-refractivity contribution is 6.04. The number of benzene rings is 2. The van der Waals surface area contributed by atoms with Crippen LogP contribution in [0.25, 0.3) is 43.6 Å².